The molecule has 1 heterocycles. The number of amides is 2. The highest BCUT2D eigenvalue weighted by Crippen LogP contribution is 2.14. The number of methoxy groups -OCH3 is 1. The molecule has 162 valence electrons. The van der Waals surface area contributed by atoms with Crippen LogP contribution in [0, 0.1) is 0 Å². The maximum atomic E-state index is 12.8. The standard InChI is InChI=1S/C22H29N3O4S/c1-22(2,3)29-21(27)25-19(15-30-14-17-9-11-23-12-10-17)20(26)24-13-16-5-7-18(28-4)8-6-16/h5-12,19H,13-15H2,1-4H3,(H,24,26)(H,25,27)/t19-/m0/s1. The molecule has 1 aromatic carbocycles. The maximum Gasteiger partial charge on any atom is 0.408 e. The number of aromatic nitrogens is 1. The molecule has 0 fully saturated rings. The third-order valence-electron chi connectivity index (χ3n) is 3.94. The van der Waals surface area contributed by atoms with Gasteiger partial charge in [-0.2, -0.15) is 11.8 Å². The van der Waals surface area contributed by atoms with Crippen molar-refractivity contribution < 1.29 is 19.1 Å². The molecule has 7 nitrogen and oxygen atoms in total. The van der Waals surface area contributed by atoms with E-state index >= 15 is 0 Å². The Morgan fingerprint density at radius 1 is 1.07 bits per heavy atom. The molecule has 0 aliphatic heterocycles. The molecule has 1 atom stereocenters. The first-order chi connectivity index (χ1) is 14.3. The molecule has 0 saturated heterocycles. The van der Waals surface area contributed by atoms with E-state index in [1.54, 1.807) is 52.0 Å². The Bertz CT molecular complexity index is 807. The van der Waals surface area contributed by atoms with Crippen LogP contribution >= 0.6 is 11.8 Å². The molecule has 2 N–H and O–H groups in total. The third-order valence-corrected chi connectivity index (χ3v) is 5.04. The van der Waals surface area contributed by atoms with Gasteiger partial charge in [-0.05, 0) is 56.2 Å². The van der Waals surface area contributed by atoms with Gasteiger partial charge in [-0.1, -0.05) is 12.1 Å². The topological polar surface area (TPSA) is 89.5 Å². The van der Waals surface area contributed by atoms with E-state index in [0.717, 1.165) is 16.9 Å². The predicted octanol–water partition coefficient (Wildman–Crippen LogP) is 3.53. The maximum absolute atomic E-state index is 12.8. The van der Waals surface area contributed by atoms with Gasteiger partial charge >= 0.3 is 6.09 Å². The zero-order valence-corrected chi connectivity index (χ0v) is 18.6. The van der Waals surface area contributed by atoms with Gasteiger partial charge in [0.1, 0.15) is 17.4 Å². The van der Waals surface area contributed by atoms with E-state index in [1.807, 2.05) is 36.4 Å². The van der Waals surface area contributed by atoms with Crippen molar-refractivity contribution in [1.29, 1.82) is 0 Å². The summed E-state index contributed by atoms with van der Waals surface area (Å²) in [4.78, 5) is 29.0. The van der Waals surface area contributed by atoms with Crippen molar-refractivity contribution in [2.45, 2.75) is 44.7 Å². The minimum Gasteiger partial charge on any atom is -0.497 e. The smallest absolute Gasteiger partial charge is 0.408 e. The van der Waals surface area contributed by atoms with Crippen molar-refractivity contribution >= 4 is 23.8 Å². The number of thioether (sulfide) groups is 1. The van der Waals surface area contributed by atoms with Gasteiger partial charge in [-0.15, -0.1) is 0 Å². The Labute approximate surface area is 181 Å². The van der Waals surface area contributed by atoms with Crippen LogP contribution in [0.3, 0.4) is 0 Å². The molecule has 2 aromatic rings. The number of benzene rings is 1. The number of rotatable bonds is 9. The number of alkyl carbamates (subject to hydrolysis) is 1. The van der Waals surface area contributed by atoms with E-state index in [1.165, 1.54) is 0 Å². The van der Waals surface area contributed by atoms with Gasteiger partial charge in [-0.3, -0.25) is 9.78 Å². The number of ether oxygens (including phenoxy) is 2. The van der Waals surface area contributed by atoms with Crippen LogP contribution in [-0.4, -0.2) is 41.5 Å². The Balaban J connectivity index is 1.94. The molecule has 2 amide bonds. The van der Waals surface area contributed by atoms with Crippen molar-refractivity contribution in [2.75, 3.05) is 12.9 Å². The summed E-state index contributed by atoms with van der Waals surface area (Å²) in [7, 11) is 1.60. The number of nitrogens with one attached hydrogen (secondary N) is 2. The van der Waals surface area contributed by atoms with Crippen LogP contribution in [0.5, 0.6) is 5.75 Å². The average molecular weight is 432 g/mol. The highest BCUT2D eigenvalue weighted by molar-refractivity contribution is 7.98. The Morgan fingerprint density at radius 2 is 1.73 bits per heavy atom. The van der Waals surface area contributed by atoms with Crippen molar-refractivity contribution in [3.8, 4) is 5.75 Å². The number of carbonyl (C=O) groups excluding carboxylic acids is 2. The van der Waals surface area contributed by atoms with Crippen LogP contribution in [-0.2, 0) is 21.8 Å². The van der Waals surface area contributed by atoms with Crippen LogP contribution in [0.2, 0.25) is 0 Å². The molecule has 30 heavy (non-hydrogen) atoms. The Hall–Kier alpha value is -2.74. The molecular weight excluding hydrogens is 402 g/mol. The van der Waals surface area contributed by atoms with E-state index in [-0.39, 0.29) is 5.91 Å². The Morgan fingerprint density at radius 3 is 2.33 bits per heavy atom. The number of nitrogens with zero attached hydrogens (tertiary/aromatic N) is 1. The molecular formula is C22H29N3O4S. The van der Waals surface area contributed by atoms with E-state index in [4.69, 9.17) is 9.47 Å². The largest absolute Gasteiger partial charge is 0.497 e. The zero-order valence-electron chi connectivity index (χ0n) is 17.8. The SMILES string of the molecule is COc1ccc(CNC(=O)[C@H](CSCc2ccncc2)NC(=O)OC(C)(C)C)cc1. The lowest BCUT2D eigenvalue weighted by Crippen LogP contribution is -2.49. The number of carbonyl (C=O) groups is 2. The highest BCUT2D eigenvalue weighted by atomic mass is 32.2. The molecule has 0 saturated carbocycles. The summed E-state index contributed by atoms with van der Waals surface area (Å²) in [5, 5.41) is 5.57. The molecule has 0 unspecified atom stereocenters. The molecule has 1 aromatic heterocycles. The molecule has 0 aliphatic rings. The van der Waals surface area contributed by atoms with Crippen LogP contribution < -0.4 is 15.4 Å². The summed E-state index contributed by atoms with van der Waals surface area (Å²) in [6.07, 6.45) is 2.85. The van der Waals surface area contributed by atoms with Crippen molar-refractivity contribution in [1.82, 2.24) is 15.6 Å². The number of hydrogen-bond donors (Lipinski definition) is 2. The fraction of sp³-hybridized carbons (Fsp3) is 0.409. The monoisotopic (exact) mass is 431 g/mol. The molecule has 0 bridgehead atoms. The van der Waals surface area contributed by atoms with E-state index < -0.39 is 17.7 Å². The minimum absolute atomic E-state index is 0.265. The summed E-state index contributed by atoms with van der Waals surface area (Å²) in [5.74, 6) is 1.61. The van der Waals surface area contributed by atoms with Gasteiger partial charge in [0.15, 0.2) is 0 Å². The molecule has 0 radical (unpaired) electrons. The minimum atomic E-state index is -0.718. The molecule has 0 aliphatic carbocycles. The number of hydrogen-bond acceptors (Lipinski definition) is 6. The van der Waals surface area contributed by atoms with Crippen LogP contribution in [0.1, 0.15) is 31.9 Å². The van der Waals surface area contributed by atoms with E-state index in [2.05, 4.69) is 15.6 Å². The van der Waals surface area contributed by atoms with Crippen molar-refractivity contribution in [3.05, 3.63) is 59.9 Å². The fourth-order valence-corrected chi connectivity index (χ4v) is 3.48. The average Bonchev–Trinajstić information content (AvgIpc) is 2.71. The first-order valence-corrected chi connectivity index (χ1v) is 10.8. The van der Waals surface area contributed by atoms with Gasteiger partial charge in [-0.25, -0.2) is 4.79 Å². The summed E-state index contributed by atoms with van der Waals surface area (Å²) in [6, 6.07) is 10.6. The van der Waals surface area contributed by atoms with Gasteiger partial charge in [0.25, 0.3) is 0 Å². The summed E-state index contributed by atoms with van der Waals surface area (Å²) >= 11 is 1.55. The van der Waals surface area contributed by atoms with E-state index in [9.17, 15) is 9.59 Å². The van der Waals surface area contributed by atoms with Gasteiger partial charge in [0.2, 0.25) is 5.91 Å². The zero-order chi connectivity index (χ0) is 22.0. The first kappa shape index (κ1) is 23.5. The van der Waals surface area contributed by atoms with Gasteiger partial charge in [0.05, 0.1) is 7.11 Å². The lowest BCUT2D eigenvalue weighted by Gasteiger charge is -2.23. The second-order valence-corrected chi connectivity index (χ2v) is 8.67. The summed E-state index contributed by atoms with van der Waals surface area (Å²) < 4.78 is 10.5. The second-order valence-electron chi connectivity index (χ2n) is 7.64. The van der Waals surface area contributed by atoms with Crippen LogP contribution in [0.15, 0.2) is 48.8 Å². The predicted molar refractivity (Wildman–Crippen MR) is 118 cm³/mol. The molecule has 8 heteroatoms. The van der Waals surface area contributed by atoms with Crippen LogP contribution in [0.4, 0.5) is 4.79 Å². The second kappa shape index (κ2) is 11.4. The summed E-state index contributed by atoms with van der Waals surface area (Å²) in [6.45, 7) is 5.70. The molecule has 2 rings (SSSR count). The molecule has 0 spiro atoms. The first-order valence-electron chi connectivity index (χ1n) is 9.63. The normalized spacial score (nSPS) is 12.0. The lowest BCUT2D eigenvalue weighted by atomic mass is 10.2. The number of pyridine rings is 1. The van der Waals surface area contributed by atoms with Crippen molar-refractivity contribution in [2.24, 2.45) is 0 Å². The summed E-state index contributed by atoms with van der Waals surface area (Å²) in [5.41, 5.74) is 1.40. The lowest BCUT2D eigenvalue weighted by molar-refractivity contribution is -0.122. The fourth-order valence-electron chi connectivity index (χ4n) is 2.46. The van der Waals surface area contributed by atoms with Gasteiger partial charge < -0.3 is 20.1 Å². The third kappa shape index (κ3) is 8.73. The van der Waals surface area contributed by atoms with Crippen LogP contribution in [0.25, 0.3) is 0 Å². The van der Waals surface area contributed by atoms with Crippen molar-refractivity contribution in [3.63, 3.8) is 0 Å². The van der Waals surface area contributed by atoms with Gasteiger partial charge in [0, 0.05) is 30.4 Å². The quantitative estimate of drug-likeness (QED) is 0.631. The highest BCUT2D eigenvalue weighted by Gasteiger charge is 2.24. The van der Waals surface area contributed by atoms with E-state index in [0.29, 0.717) is 18.1 Å². The Kier molecular flexibility index (Phi) is 8.98.